The Morgan fingerprint density at radius 2 is 1.75 bits per heavy atom. The van der Waals surface area contributed by atoms with E-state index < -0.39 is 0 Å². The minimum atomic E-state index is -0.356. The van der Waals surface area contributed by atoms with E-state index in [1.807, 2.05) is 53.5 Å². The fourth-order valence-corrected chi connectivity index (χ4v) is 5.82. The SMILES string of the molecule is CCCC1=S(C)C(=NC(=O)c2ccccc2Cl)N(c2ccc(-c3ccccc3-c3nn[nH]n3)cc2)N1. The van der Waals surface area contributed by atoms with Gasteiger partial charge in [0.15, 0.2) is 5.17 Å². The van der Waals surface area contributed by atoms with Gasteiger partial charge < -0.3 is 0 Å². The van der Waals surface area contributed by atoms with Crippen LogP contribution in [-0.2, 0) is 0 Å². The topological polar surface area (TPSA) is 99.2 Å². The minimum absolute atomic E-state index is 0.355. The number of hydrazine groups is 1. The molecule has 8 nitrogen and oxygen atoms in total. The first-order chi connectivity index (χ1) is 17.6. The van der Waals surface area contributed by atoms with Crippen molar-refractivity contribution in [1.29, 1.82) is 0 Å². The highest BCUT2D eigenvalue weighted by molar-refractivity contribution is 8.28. The number of aromatic amines is 1. The van der Waals surface area contributed by atoms with Crippen molar-refractivity contribution in [3.05, 3.63) is 83.4 Å². The van der Waals surface area contributed by atoms with E-state index in [-0.39, 0.29) is 16.4 Å². The van der Waals surface area contributed by atoms with Crippen molar-refractivity contribution in [3.8, 4) is 22.5 Å². The van der Waals surface area contributed by atoms with Gasteiger partial charge in [-0.15, -0.1) is 20.7 Å². The third-order valence-electron chi connectivity index (χ3n) is 5.80. The lowest BCUT2D eigenvalue weighted by molar-refractivity contribution is 0.100. The summed E-state index contributed by atoms with van der Waals surface area (Å²) in [5, 5.41) is 17.4. The second-order valence-electron chi connectivity index (χ2n) is 8.14. The number of nitrogens with one attached hydrogen (secondary N) is 2. The normalized spacial score (nSPS) is 16.6. The van der Waals surface area contributed by atoms with Crippen molar-refractivity contribution >= 4 is 43.8 Å². The smallest absolute Gasteiger partial charge is 0.267 e. The summed E-state index contributed by atoms with van der Waals surface area (Å²) >= 11 is 6.26. The molecular formula is C26H24ClN7OS. The molecule has 4 aromatic rings. The number of amides is 1. The van der Waals surface area contributed by atoms with Crippen LogP contribution in [0.4, 0.5) is 5.69 Å². The lowest BCUT2D eigenvalue weighted by Gasteiger charge is -2.20. The van der Waals surface area contributed by atoms with Crippen molar-refractivity contribution in [2.75, 3.05) is 11.3 Å². The van der Waals surface area contributed by atoms with Gasteiger partial charge in [0.05, 0.1) is 16.3 Å². The van der Waals surface area contributed by atoms with E-state index in [0.717, 1.165) is 40.2 Å². The zero-order valence-corrected chi connectivity index (χ0v) is 21.3. The molecule has 1 unspecified atom stereocenters. The van der Waals surface area contributed by atoms with Crippen LogP contribution in [0.15, 0.2) is 77.8 Å². The average Bonchev–Trinajstić information content (AvgIpc) is 3.54. The quantitative estimate of drug-likeness (QED) is 0.326. The van der Waals surface area contributed by atoms with Crippen molar-refractivity contribution in [1.82, 2.24) is 26.0 Å². The highest BCUT2D eigenvalue weighted by Gasteiger charge is 2.27. The number of hydrogen-bond acceptors (Lipinski definition) is 5. The number of tetrazole rings is 1. The van der Waals surface area contributed by atoms with Gasteiger partial charge in [-0.25, -0.2) is 5.01 Å². The van der Waals surface area contributed by atoms with E-state index >= 15 is 0 Å². The lowest BCUT2D eigenvalue weighted by Crippen LogP contribution is -2.39. The Labute approximate surface area is 216 Å². The maximum Gasteiger partial charge on any atom is 0.280 e. The van der Waals surface area contributed by atoms with E-state index in [1.54, 1.807) is 24.3 Å². The highest BCUT2D eigenvalue weighted by Crippen LogP contribution is 2.33. The van der Waals surface area contributed by atoms with Gasteiger partial charge >= 0.3 is 0 Å². The van der Waals surface area contributed by atoms with E-state index in [1.165, 1.54) is 0 Å². The van der Waals surface area contributed by atoms with Crippen molar-refractivity contribution < 1.29 is 4.79 Å². The van der Waals surface area contributed by atoms with E-state index in [9.17, 15) is 4.79 Å². The molecule has 0 radical (unpaired) electrons. The minimum Gasteiger partial charge on any atom is -0.267 e. The molecule has 1 amide bonds. The van der Waals surface area contributed by atoms with E-state index in [0.29, 0.717) is 21.6 Å². The van der Waals surface area contributed by atoms with Gasteiger partial charge in [-0.3, -0.25) is 4.79 Å². The number of aliphatic imine (C=N–C) groups is 1. The zero-order valence-electron chi connectivity index (χ0n) is 19.8. The maximum absolute atomic E-state index is 13.0. The second-order valence-corrected chi connectivity index (χ2v) is 10.4. The summed E-state index contributed by atoms with van der Waals surface area (Å²) in [6, 6.07) is 23.0. The summed E-state index contributed by atoms with van der Waals surface area (Å²) in [7, 11) is -0.355. The number of hydrogen-bond donors (Lipinski definition) is 2. The van der Waals surface area contributed by atoms with E-state index in [4.69, 9.17) is 11.6 Å². The van der Waals surface area contributed by atoms with E-state index in [2.05, 4.69) is 44.2 Å². The molecule has 1 aliphatic heterocycles. The van der Waals surface area contributed by atoms with Crippen LogP contribution in [-0.4, -0.2) is 42.9 Å². The van der Waals surface area contributed by atoms with Gasteiger partial charge in [0.25, 0.3) is 5.91 Å². The van der Waals surface area contributed by atoms with Crippen molar-refractivity contribution in [3.63, 3.8) is 0 Å². The zero-order chi connectivity index (χ0) is 25.1. The summed E-state index contributed by atoms with van der Waals surface area (Å²) in [4.78, 5) is 18.7. The third kappa shape index (κ3) is 4.73. The van der Waals surface area contributed by atoms with Crippen LogP contribution in [0.3, 0.4) is 0 Å². The lowest BCUT2D eigenvalue weighted by atomic mass is 9.99. The number of carbonyl (C=O) groups is 1. The first-order valence-electron chi connectivity index (χ1n) is 11.5. The molecule has 0 spiro atoms. The number of aromatic nitrogens is 4. The molecule has 0 aliphatic carbocycles. The Kier molecular flexibility index (Phi) is 7.04. The van der Waals surface area contributed by atoms with Gasteiger partial charge in [0.2, 0.25) is 5.82 Å². The largest absolute Gasteiger partial charge is 0.280 e. The predicted molar refractivity (Wildman–Crippen MR) is 147 cm³/mol. The molecular weight excluding hydrogens is 494 g/mol. The Morgan fingerprint density at radius 3 is 2.44 bits per heavy atom. The summed E-state index contributed by atoms with van der Waals surface area (Å²) < 4.78 is 0. The molecule has 2 N–H and O–H groups in total. The summed E-state index contributed by atoms with van der Waals surface area (Å²) in [5.41, 5.74) is 7.65. The molecule has 0 fully saturated rings. The van der Waals surface area contributed by atoms with Gasteiger partial charge in [0.1, 0.15) is 0 Å². The first-order valence-corrected chi connectivity index (χ1v) is 13.5. The number of nitrogens with zero attached hydrogens (tertiary/aromatic N) is 5. The second kappa shape index (κ2) is 10.5. The van der Waals surface area contributed by atoms with Crippen LogP contribution in [0, 0.1) is 0 Å². The molecule has 0 saturated heterocycles. The Bertz CT molecular complexity index is 1470. The monoisotopic (exact) mass is 517 g/mol. The molecule has 1 atom stereocenters. The van der Waals surface area contributed by atoms with Crippen LogP contribution < -0.4 is 10.4 Å². The molecule has 0 saturated carbocycles. The average molecular weight is 518 g/mol. The molecule has 1 aliphatic rings. The van der Waals surface area contributed by atoms with Crippen molar-refractivity contribution in [2.24, 2.45) is 4.99 Å². The molecule has 182 valence electrons. The number of benzene rings is 3. The Hall–Kier alpha value is -3.66. The number of halogens is 1. The van der Waals surface area contributed by atoms with Crippen molar-refractivity contribution in [2.45, 2.75) is 19.8 Å². The van der Waals surface area contributed by atoms with Gasteiger partial charge in [-0.05, 0) is 53.3 Å². The summed E-state index contributed by atoms with van der Waals surface area (Å²) in [6.07, 6.45) is 3.98. The maximum atomic E-state index is 13.0. The molecule has 1 aromatic heterocycles. The fourth-order valence-electron chi connectivity index (χ4n) is 4.00. The summed E-state index contributed by atoms with van der Waals surface area (Å²) in [5.74, 6) is 0.183. The number of H-pyrrole nitrogens is 1. The van der Waals surface area contributed by atoms with Crippen LogP contribution >= 0.6 is 22.1 Å². The highest BCUT2D eigenvalue weighted by atomic mass is 35.5. The van der Waals surface area contributed by atoms with Crippen LogP contribution in [0.1, 0.15) is 30.1 Å². The van der Waals surface area contributed by atoms with Crippen LogP contribution in [0.2, 0.25) is 5.02 Å². The molecule has 0 bridgehead atoms. The molecule has 36 heavy (non-hydrogen) atoms. The standard InChI is InChI=1S/C26H24ClN7OS/c1-3-8-23-31-34(26(36(23)2)28-25(35)21-11-6-7-12-22(21)27)18-15-13-17(14-16-18)19-9-4-5-10-20(19)24-29-32-33-30-24/h4-7,9-16,31H,3,8H2,1-2H3,(H,29,30,32,33). The molecule has 2 heterocycles. The Morgan fingerprint density at radius 1 is 1.03 bits per heavy atom. The number of carbonyl (C=O) groups excluding carboxylic acids is 1. The van der Waals surface area contributed by atoms with Gasteiger partial charge in [-0.2, -0.15) is 15.6 Å². The van der Waals surface area contributed by atoms with Gasteiger partial charge in [0, 0.05) is 10.6 Å². The number of rotatable bonds is 6. The molecule has 10 heteroatoms. The van der Waals surface area contributed by atoms with Crippen LogP contribution in [0.25, 0.3) is 22.5 Å². The van der Waals surface area contributed by atoms with Crippen LogP contribution in [0.5, 0.6) is 0 Å². The predicted octanol–water partition coefficient (Wildman–Crippen LogP) is 5.54. The fraction of sp³-hybridized carbons (Fsp3) is 0.154. The molecule has 5 rings (SSSR count). The van der Waals surface area contributed by atoms with Gasteiger partial charge in [-0.1, -0.05) is 73.5 Å². The molecule has 3 aromatic carbocycles. The number of amidine groups is 1. The number of anilines is 1. The Balaban J connectivity index is 1.49. The third-order valence-corrected chi connectivity index (χ3v) is 7.99. The first kappa shape index (κ1) is 24.1. The summed E-state index contributed by atoms with van der Waals surface area (Å²) in [6.45, 7) is 2.14.